The van der Waals surface area contributed by atoms with E-state index < -0.39 is 0 Å². The molecule has 19 heavy (non-hydrogen) atoms. The van der Waals surface area contributed by atoms with Crippen LogP contribution in [-0.2, 0) is 5.41 Å². The maximum absolute atomic E-state index is 5.77. The minimum atomic E-state index is 0.177. The molecule has 1 fully saturated rings. The lowest BCUT2D eigenvalue weighted by Gasteiger charge is -2.32. The number of benzene rings is 1. The summed E-state index contributed by atoms with van der Waals surface area (Å²) in [5.74, 6) is 0. The SMILES string of the molecule is CN1CCCN(CC(C)(C)c2ccc(N)cc2)CC1. The van der Waals surface area contributed by atoms with Gasteiger partial charge in [-0.1, -0.05) is 26.0 Å². The number of anilines is 1. The molecule has 106 valence electrons. The van der Waals surface area contributed by atoms with Crippen molar-refractivity contribution in [2.45, 2.75) is 25.7 Å². The van der Waals surface area contributed by atoms with Crippen LogP contribution in [-0.4, -0.2) is 49.6 Å². The molecular formula is C16H27N3. The highest BCUT2D eigenvalue weighted by Gasteiger charge is 2.24. The Morgan fingerprint density at radius 3 is 2.42 bits per heavy atom. The molecule has 0 amide bonds. The Morgan fingerprint density at radius 2 is 1.74 bits per heavy atom. The van der Waals surface area contributed by atoms with Gasteiger partial charge in [0.25, 0.3) is 0 Å². The summed E-state index contributed by atoms with van der Waals surface area (Å²) in [6.07, 6.45) is 1.27. The maximum Gasteiger partial charge on any atom is 0.0314 e. The molecule has 3 nitrogen and oxygen atoms in total. The van der Waals surface area contributed by atoms with Crippen molar-refractivity contribution in [2.24, 2.45) is 0 Å². The van der Waals surface area contributed by atoms with E-state index in [2.05, 4.69) is 42.8 Å². The Labute approximate surface area is 117 Å². The quantitative estimate of drug-likeness (QED) is 0.847. The lowest BCUT2D eigenvalue weighted by atomic mass is 9.84. The third-order valence-corrected chi connectivity index (χ3v) is 4.12. The van der Waals surface area contributed by atoms with Gasteiger partial charge in [-0.3, -0.25) is 0 Å². The first-order valence-corrected chi connectivity index (χ1v) is 7.24. The first-order valence-electron chi connectivity index (χ1n) is 7.24. The van der Waals surface area contributed by atoms with Crippen LogP contribution >= 0.6 is 0 Å². The lowest BCUT2D eigenvalue weighted by molar-refractivity contribution is 0.229. The molecule has 0 spiro atoms. The highest BCUT2D eigenvalue weighted by atomic mass is 15.2. The zero-order chi connectivity index (χ0) is 13.9. The molecular weight excluding hydrogens is 234 g/mol. The first-order chi connectivity index (χ1) is 8.97. The van der Waals surface area contributed by atoms with Crippen molar-refractivity contribution < 1.29 is 0 Å². The minimum Gasteiger partial charge on any atom is -0.399 e. The van der Waals surface area contributed by atoms with Gasteiger partial charge in [0.05, 0.1) is 0 Å². The average Bonchev–Trinajstić information content (AvgIpc) is 2.54. The van der Waals surface area contributed by atoms with Crippen molar-refractivity contribution in [1.29, 1.82) is 0 Å². The van der Waals surface area contributed by atoms with Gasteiger partial charge in [-0.2, -0.15) is 0 Å². The van der Waals surface area contributed by atoms with Gasteiger partial charge in [-0.25, -0.2) is 0 Å². The predicted octanol–water partition coefficient (Wildman–Crippen LogP) is 2.18. The van der Waals surface area contributed by atoms with Gasteiger partial charge in [0.1, 0.15) is 0 Å². The molecule has 1 aromatic rings. The lowest BCUT2D eigenvalue weighted by Crippen LogP contribution is -2.39. The summed E-state index contributed by atoms with van der Waals surface area (Å²) in [5, 5.41) is 0. The van der Waals surface area contributed by atoms with Crippen molar-refractivity contribution in [2.75, 3.05) is 45.5 Å². The summed E-state index contributed by atoms with van der Waals surface area (Å²) in [6, 6.07) is 8.35. The van der Waals surface area contributed by atoms with Gasteiger partial charge in [-0.05, 0) is 44.3 Å². The van der Waals surface area contributed by atoms with E-state index in [-0.39, 0.29) is 5.41 Å². The fourth-order valence-corrected chi connectivity index (χ4v) is 2.84. The number of nitrogens with zero attached hydrogens (tertiary/aromatic N) is 2. The molecule has 0 radical (unpaired) electrons. The van der Waals surface area contributed by atoms with Crippen LogP contribution < -0.4 is 5.73 Å². The fourth-order valence-electron chi connectivity index (χ4n) is 2.84. The van der Waals surface area contributed by atoms with E-state index in [1.165, 1.54) is 38.2 Å². The molecule has 1 heterocycles. The molecule has 2 rings (SSSR count). The van der Waals surface area contributed by atoms with Gasteiger partial charge < -0.3 is 15.5 Å². The Bertz CT molecular complexity index is 397. The van der Waals surface area contributed by atoms with E-state index in [1.54, 1.807) is 0 Å². The van der Waals surface area contributed by atoms with E-state index >= 15 is 0 Å². The summed E-state index contributed by atoms with van der Waals surface area (Å²) in [7, 11) is 2.22. The molecule has 1 saturated heterocycles. The second-order valence-electron chi connectivity index (χ2n) is 6.44. The molecule has 0 unspecified atom stereocenters. The van der Waals surface area contributed by atoms with E-state index in [0.717, 1.165) is 12.2 Å². The Kier molecular flexibility index (Phi) is 4.48. The Hall–Kier alpha value is -1.06. The second kappa shape index (κ2) is 5.93. The number of hydrogen-bond donors (Lipinski definition) is 1. The highest BCUT2D eigenvalue weighted by molar-refractivity contribution is 5.41. The van der Waals surface area contributed by atoms with Gasteiger partial charge in [0, 0.05) is 30.7 Å². The number of nitrogens with two attached hydrogens (primary N) is 1. The van der Waals surface area contributed by atoms with E-state index in [1.807, 2.05) is 12.1 Å². The van der Waals surface area contributed by atoms with Crippen LogP contribution in [0.5, 0.6) is 0 Å². The minimum absolute atomic E-state index is 0.177. The third kappa shape index (κ3) is 3.95. The van der Waals surface area contributed by atoms with Crippen molar-refractivity contribution in [1.82, 2.24) is 9.80 Å². The van der Waals surface area contributed by atoms with Crippen LogP contribution in [0.2, 0.25) is 0 Å². The molecule has 0 atom stereocenters. The van der Waals surface area contributed by atoms with Gasteiger partial charge in [-0.15, -0.1) is 0 Å². The van der Waals surface area contributed by atoms with Crippen molar-refractivity contribution in [3.63, 3.8) is 0 Å². The standard InChI is InChI=1S/C16H27N3/c1-16(2,14-5-7-15(17)8-6-14)13-19-10-4-9-18(3)11-12-19/h5-8H,4,9-13,17H2,1-3H3. The molecule has 1 aromatic carbocycles. The van der Waals surface area contributed by atoms with Crippen LogP contribution in [0, 0.1) is 0 Å². The van der Waals surface area contributed by atoms with Gasteiger partial charge in [0.2, 0.25) is 0 Å². The van der Waals surface area contributed by atoms with Crippen LogP contribution in [0.25, 0.3) is 0 Å². The molecule has 0 aromatic heterocycles. The molecule has 0 aliphatic carbocycles. The smallest absolute Gasteiger partial charge is 0.0314 e. The van der Waals surface area contributed by atoms with Crippen molar-refractivity contribution in [3.05, 3.63) is 29.8 Å². The summed E-state index contributed by atoms with van der Waals surface area (Å²) in [5.41, 5.74) is 8.17. The summed E-state index contributed by atoms with van der Waals surface area (Å²) < 4.78 is 0. The summed E-state index contributed by atoms with van der Waals surface area (Å²) in [6.45, 7) is 10.6. The van der Waals surface area contributed by atoms with Gasteiger partial charge in [0.15, 0.2) is 0 Å². The van der Waals surface area contributed by atoms with Crippen LogP contribution in [0.1, 0.15) is 25.8 Å². The third-order valence-electron chi connectivity index (χ3n) is 4.12. The van der Waals surface area contributed by atoms with Crippen LogP contribution in [0.3, 0.4) is 0 Å². The summed E-state index contributed by atoms with van der Waals surface area (Å²) >= 11 is 0. The predicted molar refractivity (Wildman–Crippen MR) is 82.4 cm³/mol. The molecule has 0 saturated carbocycles. The first kappa shape index (κ1) is 14.4. The van der Waals surface area contributed by atoms with Crippen LogP contribution in [0.15, 0.2) is 24.3 Å². The molecule has 2 N–H and O–H groups in total. The molecule has 0 bridgehead atoms. The molecule has 1 aliphatic heterocycles. The normalized spacial score (nSPS) is 19.3. The van der Waals surface area contributed by atoms with E-state index in [4.69, 9.17) is 5.73 Å². The molecule has 3 heteroatoms. The largest absolute Gasteiger partial charge is 0.399 e. The highest BCUT2D eigenvalue weighted by Crippen LogP contribution is 2.25. The maximum atomic E-state index is 5.77. The Balaban J connectivity index is 2.01. The molecule has 1 aliphatic rings. The van der Waals surface area contributed by atoms with Crippen molar-refractivity contribution >= 4 is 5.69 Å². The van der Waals surface area contributed by atoms with Gasteiger partial charge >= 0.3 is 0 Å². The fraction of sp³-hybridized carbons (Fsp3) is 0.625. The van der Waals surface area contributed by atoms with E-state index in [9.17, 15) is 0 Å². The second-order valence-corrected chi connectivity index (χ2v) is 6.44. The topological polar surface area (TPSA) is 32.5 Å². The van der Waals surface area contributed by atoms with Crippen molar-refractivity contribution in [3.8, 4) is 0 Å². The number of hydrogen-bond acceptors (Lipinski definition) is 3. The van der Waals surface area contributed by atoms with E-state index in [0.29, 0.717) is 0 Å². The van der Waals surface area contributed by atoms with Crippen LogP contribution in [0.4, 0.5) is 5.69 Å². The Morgan fingerprint density at radius 1 is 1.05 bits per heavy atom. The zero-order valence-electron chi connectivity index (χ0n) is 12.5. The number of nitrogen functional groups attached to an aromatic ring is 1. The summed E-state index contributed by atoms with van der Waals surface area (Å²) in [4.78, 5) is 5.02. The monoisotopic (exact) mass is 261 g/mol. The number of likely N-dealkylation sites (N-methyl/N-ethyl adjacent to an activating group) is 1. The number of rotatable bonds is 3. The zero-order valence-corrected chi connectivity index (χ0v) is 12.5. The average molecular weight is 261 g/mol.